The summed E-state index contributed by atoms with van der Waals surface area (Å²) in [5, 5.41) is 0. The molecule has 102 valence electrons. The molecule has 5 nitrogen and oxygen atoms in total. The second-order valence-corrected chi connectivity index (χ2v) is 3.98. The van der Waals surface area contributed by atoms with Gasteiger partial charge in [0, 0.05) is 0 Å². The van der Waals surface area contributed by atoms with E-state index in [1.54, 1.807) is 12.1 Å². The highest BCUT2D eigenvalue weighted by Gasteiger charge is 2.15. The van der Waals surface area contributed by atoms with E-state index >= 15 is 0 Å². The molecule has 0 spiro atoms. The highest BCUT2D eigenvalue weighted by molar-refractivity contribution is 5.93. The van der Waals surface area contributed by atoms with Crippen LogP contribution in [0.1, 0.15) is 15.9 Å². The molecule has 0 fully saturated rings. The quantitative estimate of drug-likeness (QED) is 0.866. The van der Waals surface area contributed by atoms with Gasteiger partial charge in [-0.15, -0.1) is 0 Å². The molecule has 1 amide bonds. The second-order valence-electron chi connectivity index (χ2n) is 3.98. The third kappa shape index (κ3) is 3.58. The van der Waals surface area contributed by atoms with Crippen LogP contribution in [0.3, 0.4) is 0 Å². The maximum atomic E-state index is 12.0. The first kappa shape index (κ1) is 13.6. The first-order valence-electron chi connectivity index (χ1n) is 5.94. The van der Waals surface area contributed by atoms with E-state index in [-0.39, 0.29) is 17.9 Å². The zero-order valence-electron chi connectivity index (χ0n) is 10.6. The van der Waals surface area contributed by atoms with Gasteiger partial charge in [-0.05, 0) is 17.7 Å². The van der Waals surface area contributed by atoms with Crippen LogP contribution in [-0.2, 0) is 11.3 Å². The number of primary amides is 1. The minimum Gasteiger partial charge on any atom is -0.457 e. The fraction of sp³-hybridized carbons (Fsp3) is 0.0667. The Kier molecular flexibility index (Phi) is 4.34. The van der Waals surface area contributed by atoms with E-state index in [1.807, 2.05) is 30.3 Å². The zero-order valence-corrected chi connectivity index (χ0v) is 10.6. The minimum absolute atomic E-state index is 0.0815. The molecule has 0 saturated heterocycles. The van der Waals surface area contributed by atoms with Gasteiger partial charge in [-0.3, -0.25) is 0 Å². The molecule has 0 unspecified atom stereocenters. The second kappa shape index (κ2) is 6.38. The molecule has 0 aliphatic carbocycles. The van der Waals surface area contributed by atoms with Crippen LogP contribution in [0.15, 0.2) is 54.6 Å². The Morgan fingerprint density at radius 1 is 0.950 bits per heavy atom. The first-order chi connectivity index (χ1) is 9.66. The molecule has 0 atom stereocenters. The van der Waals surface area contributed by atoms with Crippen molar-refractivity contribution in [3.05, 3.63) is 65.7 Å². The van der Waals surface area contributed by atoms with Crippen LogP contribution in [-0.4, -0.2) is 12.1 Å². The van der Waals surface area contributed by atoms with E-state index < -0.39 is 12.1 Å². The molecule has 0 aromatic heterocycles. The number of hydrogen-bond acceptors (Lipinski definition) is 4. The normalized spacial score (nSPS) is 9.80. The van der Waals surface area contributed by atoms with Gasteiger partial charge in [0.05, 0.1) is 0 Å². The van der Waals surface area contributed by atoms with Gasteiger partial charge in [0.2, 0.25) is 0 Å². The smallest absolute Gasteiger partial charge is 0.409 e. The summed E-state index contributed by atoms with van der Waals surface area (Å²) in [6.45, 7) is 0.143. The van der Waals surface area contributed by atoms with E-state index in [4.69, 9.17) is 15.2 Å². The van der Waals surface area contributed by atoms with Crippen molar-refractivity contribution >= 4 is 12.1 Å². The number of amides is 1. The summed E-state index contributed by atoms with van der Waals surface area (Å²) in [6.07, 6.45) is -0.978. The topological polar surface area (TPSA) is 78.6 Å². The molecule has 0 aliphatic heterocycles. The predicted molar refractivity (Wildman–Crippen MR) is 72.2 cm³/mol. The Morgan fingerprint density at radius 2 is 1.60 bits per heavy atom. The highest BCUT2D eigenvalue weighted by atomic mass is 16.6. The van der Waals surface area contributed by atoms with E-state index in [9.17, 15) is 9.59 Å². The van der Waals surface area contributed by atoms with Gasteiger partial charge in [-0.25, -0.2) is 9.59 Å². The fourth-order valence-electron chi connectivity index (χ4n) is 1.63. The van der Waals surface area contributed by atoms with Gasteiger partial charge < -0.3 is 15.2 Å². The van der Waals surface area contributed by atoms with Crippen molar-refractivity contribution in [2.24, 2.45) is 5.73 Å². The Balaban J connectivity index is 2.07. The van der Waals surface area contributed by atoms with Crippen molar-refractivity contribution in [1.29, 1.82) is 0 Å². The van der Waals surface area contributed by atoms with Crippen molar-refractivity contribution in [2.45, 2.75) is 6.61 Å². The molecular formula is C15H13NO4. The Hall–Kier alpha value is -2.82. The summed E-state index contributed by atoms with van der Waals surface area (Å²) in [5.74, 6) is -0.497. The number of carbonyl (C=O) groups excluding carboxylic acids is 2. The number of benzene rings is 2. The first-order valence-corrected chi connectivity index (χ1v) is 5.94. The number of carbonyl (C=O) groups is 2. The molecule has 0 heterocycles. The SMILES string of the molecule is NC(=O)Oc1ccccc1C(=O)OCc1ccccc1. The summed E-state index contributed by atoms with van der Waals surface area (Å²) in [5.41, 5.74) is 5.97. The Labute approximate surface area is 115 Å². The van der Waals surface area contributed by atoms with Gasteiger partial charge in [-0.1, -0.05) is 42.5 Å². The summed E-state index contributed by atoms with van der Waals surface area (Å²) >= 11 is 0. The average Bonchev–Trinajstić information content (AvgIpc) is 2.46. The number of ether oxygens (including phenoxy) is 2. The van der Waals surface area contributed by atoms with Crippen molar-refractivity contribution in [1.82, 2.24) is 0 Å². The third-order valence-corrected chi connectivity index (χ3v) is 2.53. The number of para-hydroxylation sites is 1. The molecule has 5 heteroatoms. The van der Waals surface area contributed by atoms with Gasteiger partial charge >= 0.3 is 12.1 Å². The molecule has 0 saturated carbocycles. The van der Waals surface area contributed by atoms with Crippen LogP contribution in [0.5, 0.6) is 5.75 Å². The fourth-order valence-corrected chi connectivity index (χ4v) is 1.63. The van der Waals surface area contributed by atoms with Crippen LogP contribution in [0.25, 0.3) is 0 Å². The van der Waals surface area contributed by atoms with E-state index in [0.29, 0.717) is 0 Å². The maximum absolute atomic E-state index is 12.0. The molecular weight excluding hydrogens is 258 g/mol. The lowest BCUT2D eigenvalue weighted by atomic mass is 10.2. The maximum Gasteiger partial charge on any atom is 0.409 e. The van der Waals surface area contributed by atoms with Gasteiger partial charge in [0.25, 0.3) is 0 Å². The van der Waals surface area contributed by atoms with Crippen molar-refractivity contribution in [2.75, 3.05) is 0 Å². The number of esters is 1. The largest absolute Gasteiger partial charge is 0.457 e. The lowest BCUT2D eigenvalue weighted by molar-refractivity contribution is 0.0470. The Bertz CT molecular complexity index is 610. The number of nitrogens with two attached hydrogens (primary N) is 1. The van der Waals surface area contributed by atoms with E-state index in [0.717, 1.165) is 5.56 Å². The Morgan fingerprint density at radius 3 is 2.30 bits per heavy atom. The molecule has 2 rings (SSSR count). The van der Waals surface area contributed by atoms with Crippen LogP contribution in [0.2, 0.25) is 0 Å². The van der Waals surface area contributed by atoms with Crippen molar-refractivity contribution < 1.29 is 19.1 Å². The lowest BCUT2D eigenvalue weighted by Gasteiger charge is -2.08. The summed E-state index contributed by atoms with van der Waals surface area (Å²) in [4.78, 5) is 22.7. The van der Waals surface area contributed by atoms with Crippen LogP contribution in [0, 0.1) is 0 Å². The van der Waals surface area contributed by atoms with Gasteiger partial charge in [0.15, 0.2) is 0 Å². The molecule has 2 aromatic carbocycles. The van der Waals surface area contributed by atoms with E-state index in [2.05, 4.69) is 0 Å². The average molecular weight is 271 g/mol. The van der Waals surface area contributed by atoms with Crippen molar-refractivity contribution in [3.63, 3.8) is 0 Å². The van der Waals surface area contributed by atoms with Crippen LogP contribution in [0.4, 0.5) is 4.79 Å². The number of rotatable bonds is 4. The summed E-state index contributed by atoms with van der Waals surface area (Å²) < 4.78 is 9.92. The molecule has 2 aromatic rings. The van der Waals surface area contributed by atoms with E-state index in [1.165, 1.54) is 12.1 Å². The van der Waals surface area contributed by atoms with Crippen LogP contribution < -0.4 is 10.5 Å². The zero-order chi connectivity index (χ0) is 14.4. The van der Waals surface area contributed by atoms with Gasteiger partial charge in [0.1, 0.15) is 17.9 Å². The van der Waals surface area contributed by atoms with Gasteiger partial charge in [-0.2, -0.15) is 0 Å². The third-order valence-electron chi connectivity index (χ3n) is 2.53. The summed E-state index contributed by atoms with van der Waals surface area (Å²) in [7, 11) is 0. The number of hydrogen-bond donors (Lipinski definition) is 1. The molecule has 0 radical (unpaired) electrons. The standard InChI is InChI=1S/C15H13NO4/c16-15(18)20-13-9-5-4-8-12(13)14(17)19-10-11-6-2-1-3-7-11/h1-9H,10H2,(H2,16,18). The van der Waals surface area contributed by atoms with Crippen molar-refractivity contribution in [3.8, 4) is 5.75 Å². The molecule has 2 N–H and O–H groups in total. The predicted octanol–water partition coefficient (Wildman–Crippen LogP) is 2.50. The van der Waals surface area contributed by atoms with Crippen LogP contribution >= 0.6 is 0 Å². The lowest BCUT2D eigenvalue weighted by Crippen LogP contribution is -2.18. The monoisotopic (exact) mass is 271 g/mol. The highest BCUT2D eigenvalue weighted by Crippen LogP contribution is 2.19. The summed E-state index contributed by atoms with van der Waals surface area (Å²) in [6, 6.07) is 15.5. The molecule has 20 heavy (non-hydrogen) atoms. The molecule has 0 bridgehead atoms. The minimum atomic E-state index is -0.978. The molecule has 0 aliphatic rings.